The molecule has 5 aromatic rings. The Hall–Kier alpha value is -4.43. The highest BCUT2D eigenvalue weighted by molar-refractivity contribution is 5.80. The molecular weight excluding hydrogens is 484 g/mol. The van der Waals surface area contributed by atoms with Crippen LogP contribution < -0.4 is 4.90 Å². The van der Waals surface area contributed by atoms with Gasteiger partial charge in [0.1, 0.15) is 11.5 Å². The number of hydrogen-bond acceptors (Lipinski definition) is 7. The standard InChI is InChI=1S/C31H32N8/c1-38(2)31-33-20-26(23-8-4-3-5-9-23)28(34-31)24-13-11-22(12-14-24)21-39-18-15-25(16-19-39)29-35-30(37-36-29)27-10-6-7-17-32-27/h3-14,17,20,25H,15-16,18-19,21H2,1-2H3,(H,35,36,37). The van der Waals surface area contributed by atoms with Gasteiger partial charge in [0, 0.05) is 50.1 Å². The Bertz CT molecular complexity index is 1510. The minimum atomic E-state index is 0.397. The summed E-state index contributed by atoms with van der Waals surface area (Å²) in [5.41, 5.74) is 6.30. The van der Waals surface area contributed by atoms with Crippen molar-refractivity contribution < 1.29 is 0 Å². The number of aromatic amines is 1. The van der Waals surface area contributed by atoms with Gasteiger partial charge < -0.3 is 4.90 Å². The van der Waals surface area contributed by atoms with Gasteiger partial charge >= 0.3 is 0 Å². The Balaban J connectivity index is 1.12. The number of anilines is 1. The molecule has 0 radical (unpaired) electrons. The van der Waals surface area contributed by atoms with Crippen LogP contribution in [0.1, 0.15) is 30.1 Å². The Morgan fingerprint density at radius 2 is 1.62 bits per heavy atom. The van der Waals surface area contributed by atoms with Gasteiger partial charge in [-0.1, -0.05) is 60.7 Å². The maximum Gasteiger partial charge on any atom is 0.225 e. The largest absolute Gasteiger partial charge is 0.347 e. The van der Waals surface area contributed by atoms with E-state index in [0.29, 0.717) is 17.7 Å². The zero-order valence-corrected chi connectivity index (χ0v) is 22.3. The number of benzene rings is 2. The van der Waals surface area contributed by atoms with Crippen molar-refractivity contribution in [3.05, 3.63) is 96.6 Å². The number of pyridine rings is 1. The van der Waals surface area contributed by atoms with Crippen molar-refractivity contribution in [2.75, 3.05) is 32.1 Å². The first-order chi connectivity index (χ1) is 19.1. The molecule has 0 unspecified atom stereocenters. The summed E-state index contributed by atoms with van der Waals surface area (Å²) in [6.45, 7) is 2.99. The first-order valence-corrected chi connectivity index (χ1v) is 13.4. The molecule has 196 valence electrons. The number of aromatic nitrogens is 6. The molecular formula is C31H32N8. The van der Waals surface area contributed by atoms with Crippen molar-refractivity contribution in [1.29, 1.82) is 0 Å². The fourth-order valence-corrected chi connectivity index (χ4v) is 5.09. The highest BCUT2D eigenvalue weighted by Gasteiger charge is 2.24. The Morgan fingerprint density at radius 1 is 0.846 bits per heavy atom. The molecule has 1 N–H and O–H groups in total. The topological polar surface area (TPSA) is 86.7 Å². The lowest BCUT2D eigenvalue weighted by molar-refractivity contribution is 0.202. The monoisotopic (exact) mass is 516 g/mol. The predicted octanol–water partition coefficient (Wildman–Crippen LogP) is 5.44. The van der Waals surface area contributed by atoms with E-state index in [1.165, 1.54) is 5.56 Å². The van der Waals surface area contributed by atoms with E-state index < -0.39 is 0 Å². The molecule has 3 aromatic heterocycles. The maximum atomic E-state index is 4.91. The summed E-state index contributed by atoms with van der Waals surface area (Å²) in [4.78, 5) is 23.0. The summed E-state index contributed by atoms with van der Waals surface area (Å²) in [6.07, 6.45) is 5.82. The third-order valence-electron chi connectivity index (χ3n) is 7.27. The lowest BCUT2D eigenvalue weighted by Crippen LogP contribution is -2.32. The third kappa shape index (κ3) is 5.56. The van der Waals surface area contributed by atoms with Crippen LogP contribution in [0, 0.1) is 0 Å². The molecule has 1 aliphatic rings. The number of nitrogens with zero attached hydrogens (tertiary/aromatic N) is 7. The smallest absolute Gasteiger partial charge is 0.225 e. The van der Waals surface area contributed by atoms with Crippen LogP contribution in [0.4, 0.5) is 5.95 Å². The lowest BCUT2D eigenvalue weighted by Gasteiger charge is -2.31. The van der Waals surface area contributed by atoms with Gasteiger partial charge in [-0.25, -0.2) is 15.0 Å². The maximum absolute atomic E-state index is 4.91. The van der Waals surface area contributed by atoms with E-state index in [-0.39, 0.29) is 0 Å². The molecule has 2 aromatic carbocycles. The number of H-pyrrole nitrogens is 1. The second-order valence-corrected chi connectivity index (χ2v) is 10.2. The van der Waals surface area contributed by atoms with E-state index in [1.807, 2.05) is 61.6 Å². The molecule has 0 amide bonds. The Morgan fingerprint density at radius 3 is 2.33 bits per heavy atom. The second-order valence-electron chi connectivity index (χ2n) is 10.2. The van der Waals surface area contributed by atoms with Gasteiger partial charge in [-0.15, -0.1) is 0 Å². The molecule has 6 rings (SSSR count). The van der Waals surface area contributed by atoms with Crippen molar-refractivity contribution in [2.45, 2.75) is 25.3 Å². The first-order valence-electron chi connectivity index (χ1n) is 13.4. The fourth-order valence-electron chi connectivity index (χ4n) is 5.09. The number of piperidine rings is 1. The van der Waals surface area contributed by atoms with Gasteiger partial charge in [-0.2, -0.15) is 5.10 Å². The number of likely N-dealkylation sites (tertiary alicyclic amines) is 1. The van der Waals surface area contributed by atoms with Gasteiger partial charge in [0.15, 0.2) is 5.82 Å². The summed E-state index contributed by atoms with van der Waals surface area (Å²) < 4.78 is 0. The zero-order valence-electron chi connectivity index (χ0n) is 22.3. The van der Waals surface area contributed by atoms with Crippen LogP contribution in [-0.4, -0.2) is 62.2 Å². The summed E-state index contributed by atoms with van der Waals surface area (Å²) in [7, 11) is 3.94. The highest BCUT2D eigenvalue weighted by atomic mass is 15.2. The zero-order chi connectivity index (χ0) is 26.6. The minimum Gasteiger partial charge on any atom is -0.347 e. The molecule has 8 nitrogen and oxygen atoms in total. The van der Waals surface area contributed by atoms with E-state index in [0.717, 1.165) is 66.4 Å². The molecule has 0 atom stereocenters. The highest BCUT2D eigenvalue weighted by Crippen LogP contribution is 2.32. The Kier molecular flexibility index (Phi) is 7.10. The average Bonchev–Trinajstić information content (AvgIpc) is 3.49. The fraction of sp³-hybridized carbons (Fsp3) is 0.258. The van der Waals surface area contributed by atoms with Crippen LogP contribution in [0.2, 0.25) is 0 Å². The summed E-state index contributed by atoms with van der Waals surface area (Å²) in [5, 5.41) is 7.55. The molecule has 0 spiro atoms. The summed E-state index contributed by atoms with van der Waals surface area (Å²) >= 11 is 0. The van der Waals surface area contributed by atoms with E-state index >= 15 is 0 Å². The number of hydrogen-bond donors (Lipinski definition) is 1. The minimum absolute atomic E-state index is 0.397. The molecule has 39 heavy (non-hydrogen) atoms. The van der Waals surface area contributed by atoms with Crippen molar-refractivity contribution in [2.24, 2.45) is 0 Å². The molecule has 1 fully saturated rings. The molecule has 0 bridgehead atoms. The molecule has 0 saturated carbocycles. The van der Waals surface area contributed by atoms with Crippen molar-refractivity contribution in [3.63, 3.8) is 0 Å². The lowest BCUT2D eigenvalue weighted by atomic mass is 9.95. The van der Waals surface area contributed by atoms with Crippen LogP contribution in [-0.2, 0) is 6.54 Å². The van der Waals surface area contributed by atoms with E-state index in [1.54, 1.807) is 6.20 Å². The molecule has 1 aliphatic heterocycles. The summed E-state index contributed by atoms with van der Waals surface area (Å²) in [6, 6.07) is 25.0. The van der Waals surface area contributed by atoms with E-state index in [9.17, 15) is 0 Å². The second kappa shape index (κ2) is 11.1. The average molecular weight is 517 g/mol. The quantitative estimate of drug-likeness (QED) is 0.308. The predicted molar refractivity (Wildman–Crippen MR) is 154 cm³/mol. The normalized spacial score (nSPS) is 14.4. The van der Waals surface area contributed by atoms with Gasteiger partial charge in [-0.3, -0.25) is 15.0 Å². The van der Waals surface area contributed by atoms with Gasteiger partial charge in [0.25, 0.3) is 0 Å². The van der Waals surface area contributed by atoms with E-state index in [4.69, 9.17) is 9.97 Å². The van der Waals surface area contributed by atoms with Crippen molar-refractivity contribution in [3.8, 4) is 33.9 Å². The van der Waals surface area contributed by atoms with Crippen LogP contribution in [0.3, 0.4) is 0 Å². The van der Waals surface area contributed by atoms with Gasteiger partial charge in [-0.05, 0) is 49.2 Å². The molecule has 4 heterocycles. The van der Waals surface area contributed by atoms with Crippen LogP contribution in [0.15, 0.2) is 85.2 Å². The Labute approximate surface area is 228 Å². The van der Waals surface area contributed by atoms with Crippen LogP contribution >= 0.6 is 0 Å². The van der Waals surface area contributed by atoms with Crippen molar-refractivity contribution in [1.82, 2.24) is 35.0 Å². The van der Waals surface area contributed by atoms with Gasteiger partial charge in [0.05, 0.1) is 5.69 Å². The van der Waals surface area contributed by atoms with Gasteiger partial charge in [0.2, 0.25) is 5.95 Å². The van der Waals surface area contributed by atoms with E-state index in [2.05, 4.69) is 61.5 Å². The SMILES string of the molecule is CN(C)c1ncc(-c2ccccc2)c(-c2ccc(CN3CCC(c4nc(-c5ccccn5)n[nH]4)CC3)cc2)n1. The molecule has 1 saturated heterocycles. The number of rotatable bonds is 7. The first kappa shape index (κ1) is 24.9. The molecule has 8 heteroatoms. The van der Waals surface area contributed by atoms with Crippen LogP contribution in [0.25, 0.3) is 33.9 Å². The third-order valence-corrected chi connectivity index (χ3v) is 7.27. The summed E-state index contributed by atoms with van der Waals surface area (Å²) in [5.74, 6) is 2.74. The molecule has 0 aliphatic carbocycles. The van der Waals surface area contributed by atoms with Crippen molar-refractivity contribution >= 4 is 5.95 Å². The number of nitrogens with one attached hydrogen (secondary N) is 1. The van der Waals surface area contributed by atoms with Crippen LogP contribution in [0.5, 0.6) is 0 Å².